The number of aryl methyl sites for hydroxylation is 1. The Kier molecular flexibility index (Phi) is 5.86. The topological polar surface area (TPSA) is 59.4 Å². The van der Waals surface area contributed by atoms with Gasteiger partial charge >= 0.3 is 0 Å². The van der Waals surface area contributed by atoms with Gasteiger partial charge in [0.25, 0.3) is 0 Å². The molecular weight excluding hydrogens is 392 g/mol. The van der Waals surface area contributed by atoms with Crippen LogP contribution in [0, 0.1) is 11.3 Å². The normalized spacial score (nSPS) is 17.1. The molecule has 1 aromatic carbocycles. The number of thiophene rings is 1. The van der Waals surface area contributed by atoms with E-state index in [1.54, 1.807) is 11.3 Å². The molecule has 2 heterocycles. The Labute approximate surface area is 174 Å². The number of nitrogens with one attached hydrogen (secondary N) is 1. The molecular formula is C21H23ClN4OS. The third-order valence-electron chi connectivity index (χ3n) is 5.45. The standard InChI is InChI=1S/C21H23ClN4OS/c22-15-4-3-5-16(12-15)26-10-8-25(9-11-26)14-20(27)24-21-18(13-23)17-6-1-2-7-19(17)28-21/h3-5,12H,1-2,6-11,14H2,(H,24,27). The van der Waals surface area contributed by atoms with Gasteiger partial charge in [0, 0.05) is 41.8 Å². The Morgan fingerprint density at radius 1 is 1.21 bits per heavy atom. The van der Waals surface area contributed by atoms with Gasteiger partial charge in [0.05, 0.1) is 12.1 Å². The lowest BCUT2D eigenvalue weighted by atomic mass is 9.96. The maximum Gasteiger partial charge on any atom is 0.239 e. The molecule has 1 N–H and O–H groups in total. The van der Waals surface area contributed by atoms with Gasteiger partial charge in [-0.05, 0) is 49.4 Å². The average Bonchev–Trinajstić information content (AvgIpc) is 3.05. The van der Waals surface area contributed by atoms with Crippen LogP contribution in [0.15, 0.2) is 24.3 Å². The molecule has 0 radical (unpaired) electrons. The van der Waals surface area contributed by atoms with Crippen molar-refractivity contribution in [2.24, 2.45) is 0 Å². The number of hydrogen-bond acceptors (Lipinski definition) is 5. The highest BCUT2D eigenvalue weighted by atomic mass is 35.5. The van der Waals surface area contributed by atoms with Gasteiger partial charge in [0.15, 0.2) is 0 Å². The van der Waals surface area contributed by atoms with Gasteiger partial charge in [-0.3, -0.25) is 9.69 Å². The molecule has 28 heavy (non-hydrogen) atoms. The highest BCUT2D eigenvalue weighted by Crippen LogP contribution is 2.37. The number of piperazine rings is 1. The zero-order valence-corrected chi connectivity index (χ0v) is 17.3. The highest BCUT2D eigenvalue weighted by Gasteiger charge is 2.23. The molecule has 1 aromatic heterocycles. The van der Waals surface area contributed by atoms with Crippen LogP contribution in [0.25, 0.3) is 0 Å². The van der Waals surface area contributed by atoms with Crippen molar-refractivity contribution in [3.8, 4) is 6.07 Å². The van der Waals surface area contributed by atoms with Crippen molar-refractivity contribution in [3.05, 3.63) is 45.3 Å². The molecule has 1 saturated heterocycles. The van der Waals surface area contributed by atoms with Gasteiger partial charge < -0.3 is 10.2 Å². The molecule has 0 bridgehead atoms. The van der Waals surface area contributed by atoms with Crippen molar-refractivity contribution in [2.75, 3.05) is 42.9 Å². The molecule has 0 atom stereocenters. The first-order chi connectivity index (χ1) is 13.6. The quantitative estimate of drug-likeness (QED) is 0.823. The van der Waals surface area contributed by atoms with E-state index < -0.39 is 0 Å². The number of benzene rings is 1. The van der Waals surface area contributed by atoms with E-state index in [0.717, 1.165) is 66.7 Å². The molecule has 0 saturated carbocycles. The van der Waals surface area contributed by atoms with Crippen LogP contribution in [0.4, 0.5) is 10.7 Å². The van der Waals surface area contributed by atoms with Crippen molar-refractivity contribution in [2.45, 2.75) is 25.7 Å². The summed E-state index contributed by atoms with van der Waals surface area (Å²) in [5.74, 6) is -0.0358. The molecule has 1 aliphatic carbocycles. The second-order valence-electron chi connectivity index (χ2n) is 7.32. The van der Waals surface area contributed by atoms with Crippen LogP contribution >= 0.6 is 22.9 Å². The number of anilines is 2. The van der Waals surface area contributed by atoms with Crippen molar-refractivity contribution in [1.29, 1.82) is 5.26 Å². The van der Waals surface area contributed by atoms with E-state index in [-0.39, 0.29) is 5.91 Å². The van der Waals surface area contributed by atoms with Crippen LogP contribution in [-0.4, -0.2) is 43.5 Å². The summed E-state index contributed by atoms with van der Waals surface area (Å²) in [5, 5.41) is 14.0. The highest BCUT2D eigenvalue weighted by molar-refractivity contribution is 7.16. The largest absolute Gasteiger partial charge is 0.369 e. The Bertz CT molecular complexity index is 912. The van der Waals surface area contributed by atoms with Crippen LogP contribution in [0.2, 0.25) is 5.02 Å². The maximum absolute atomic E-state index is 12.6. The van der Waals surface area contributed by atoms with E-state index in [4.69, 9.17) is 11.6 Å². The van der Waals surface area contributed by atoms with Gasteiger partial charge in [0.1, 0.15) is 11.1 Å². The predicted molar refractivity (Wildman–Crippen MR) is 114 cm³/mol. The van der Waals surface area contributed by atoms with Crippen LogP contribution in [0.3, 0.4) is 0 Å². The fourth-order valence-electron chi connectivity index (χ4n) is 3.98. The summed E-state index contributed by atoms with van der Waals surface area (Å²) in [6.45, 7) is 3.74. The first-order valence-corrected chi connectivity index (χ1v) is 10.9. The monoisotopic (exact) mass is 414 g/mol. The molecule has 2 aromatic rings. The minimum absolute atomic E-state index is 0.0358. The van der Waals surface area contributed by atoms with Crippen LogP contribution in [-0.2, 0) is 17.6 Å². The lowest BCUT2D eigenvalue weighted by Crippen LogP contribution is -2.48. The summed E-state index contributed by atoms with van der Waals surface area (Å²) in [7, 11) is 0. The second kappa shape index (κ2) is 8.52. The third-order valence-corrected chi connectivity index (χ3v) is 6.89. The first-order valence-electron chi connectivity index (χ1n) is 9.71. The SMILES string of the molecule is N#Cc1c(NC(=O)CN2CCN(c3cccc(Cl)c3)CC2)sc2c1CCCC2. The van der Waals surface area contributed by atoms with Gasteiger partial charge in [-0.1, -0.05) is 17.7 Å². The van der Waals surface area contributed by atoms with Gasteiger partial charge in [-0.25, -0.2) is 0 Å². The smallest absolute Gasteiger partial charge is 0.239 e. The minimum atomic E-state index is -0.0358. The zero-order chi connectivity index (χ0) is 19.5. The molecule has 1 fully saturated rings. The van der Waals surface area contributed by atoms with Crippen LogP contribution in [0.5, 0.6) is 0 Å². The van der Waals surface area contributed by atoms with E-state index in [0.29, 0.717) is 12.1 Å². The minimum Gasteiger partial charge on any atom is -0.369 e. The molecule has 1 aliphatic heterocycles. The van der Waals surface area contributed by atoms with Gasteiger partial charge in [-0.15, -0.1) is 11.3 Å². The van der Waals surface area contributed by atoms with E-state index >= 15 is 0 Å². The summed E-state index contributed by atoms with van der Waals surface area (Å²) in [4.78, 5) is 18.3. The lowest BCUT2D eigenvalue weighted by Gasteiger charge is -2.35. The Balaban J connectivity index is 1.33. The number of carbonyl (C=O) groups is 1. The van der Waals surface area contributed by atoms with Gasteiger partial charge in [-0.2, -0.15) is 5.26 Å². The average molecular weight is 415 g/mol. The summed E-state index contributed by atoms with van der Waals surface area (Å²) in [6.07, 6.45) is 4.28. The number of amides is 1. The lowest BCUT2D eigenvalue weighted by molar-refractivity contribution is -0.117. The fourth-order valence-corrected chi connectivity index (χ4v) is 5.42. The molecule has 4 rings (SSSR count). The molecule has 146 valence electrons. The number of carbonyl (C=O) groups excluding carboxylic acids is 1. The summed E-state index contributed by atoms with van der Waals surface area (Å²) < 4.78 is 0. The van der Waals surface area contributed by atoms with Crippen molar-refractivity contribution in [1.82, 2.24) is 4.90 Å². The predicted octanol–water partition coefficient (Wildman–Crippen LogP) is 3.91. The van der Waals surface area contributed by atoms with Crippen molar-refractivity contribution in [3.63, 3.8) is 0 Å². The van der Waals surface area contributed by atoms with E-state index in [1.807, 2.05) is 18.2 Å². The van der Waals surface area contributed by atoms with E-state index in [9.17, 15) is 10.1 Å². The Morgan fingerprint density at radius 3 is 2.75 bits per heavy atom. The number of hydrogen-bond donors (Lipinski definition) is 1. The number of nitrogens with zero attached hydrogens (tertiary/aromatic N) is 3. The number of nitriles is 1. The number of rotatable bonds is 4. The molecule has 0 unspecified atom stereocenters. The first kappa shape index (κ1) is 19.3. The molecule has 2 aliphatic rings. The fraction of sp³-hybridized carbons (Fsp3) is 0.429. The Morgan fingerprint density at radius 2 is 2.00 bits per heavy atom. The van der Waals surface area contributed by atoms with Crippen molar-refractivity contribution >= 4 is 39.5 Å². The molecule has 0 spiro atoms. The zero-order valence-electron chi connectivity index (χ0n) is 15.7. The maximum atomic E-state index is 12.6. The van der Waals surface area contributed by atoms with E-state index in [1.165, 1.54) is 11.3 Å². The van der Waals surface area contributed by atoms with Crippen LogP contribution in [0.1, 0.15) is 28.8 Å². The number of halogens is 1. The van der Waals surface area contributed by atoms with E-state index in [2.05, 4.69) is 27.3 Å². The molecule has 5 nitrogen and oxygen atoms in total. The van der Waals surface area contributed by atoms with Crippen molar-refractivity contribution < 1.29 is 4.79 Å². The summed E-state index contributed by atoms with van der Waals surface area (Å²) in [6, 6.07) is 10.2. The molecule has 7 heteroatoms. The third kappa shape index (κ3) is 4.17. The summed E-state index contributed by atoms with van der Waals surface area (Å²) >= 11 is 7.67. The second-order valence-corrected chi connectivity index (χ2v) is 8.86. The number of fused-ring (bicyclic) bond motifs is 1. The van der Waals surface area contributed by atoms with Gasteiger partial charge in [0.2, 0.25) is 5.91 Å². The molecule has 1 amide bonds. The van der Waals surface area contributed by atoms with Crippen LogP contribution < -0.4 is 10.2 Å². The summed E-state index contributed by atoms with van der Waals surface area (Å²) in [5.41, 5.74) is 2.96. The Hall–Kier alpha value is -2.07.